The number of nitrogens with one attached hydrogen (secondary N) is 2. The van der Waals surface area contributed by atoms with Gasteiger partial charge in [0.25, 0.3) is 0 Å². The molecule has 0 aliphatic carbocycles. The highest BCUT2D eigenvalue weighted by atomic mass is 15.3. The Balaban J connectivity index is 1.26. The van der Waals surface area contributed by atoms with Crippen LogP contribution in [-0.4, -0.2) is 4.57 Å². The lowest BCUT2D eigenvalue weighted by atomic mass is 9.93. The van der Waals surface area contributed by atoms with Crippen LogP contribution in [0.2, 0.25) is 0 Å². The number of aromatic nitrogens is 1. The molecule has 0 saturated carbocycles. The van der Waals surface area contributed by atoms with E-state index < -0.39 is 0 Å². The van der Waals surface area contributed by atoms with Gasteiger partial charge in [0.15, 0.2) is 0 Å². The third-order valence-corrected chi connectivity index (χ3v) is 11.0. The van der Waals surface area contributed by atoms with Crippen molar-refractivity contribution in [3.8, 4) is 0 Å². The van der Waals surface area contributed by atoms with Gasteiger partial charge in [-0.15, -0.1) is 0 Å². The Labute approximate surface area is 295 Å². The van der Waals surface area contributed by atoms with Crippen LogP contribution in [0.1, 0.15) is 23.5 Å². The summed E-state index contributed by atoms with van der Waals surface area (Å²) >= 11 is 0. The fourth-order valence-electron chi connectivity index (χ4n) is 8.83. The van der Waals surface area contributed by atoms with Crippen molar-refractivity contribution < 1.29 is 0 Å². The second-order valence-corrected chi connectivity index (χ2v) is 13.7. The summed E-state index contributed by atoms with van der Waals surface area (Å²) in [7, 11) is 0. The molecular weight excluding hydrogens is 619 g/mol. The molecule has 0 amide bonds. The summed E-state index contributed by atoms with van der Waals surface area (Å²) in [6.45, 7) is 0. The highest BCUT2D eigenvalue weighted by Gasteiger charge is 2.29. The van der Waals surface area contributed by atoms with Crippen molar-refractivity contribution >= 4 is 81.4 Å². The zero-order valence-corrected chi connectivity index (χ0v) is 27.8. The monoisotopic (exact) mass is 651 g/mol. The quantitative estimate of drug-likeness (QED) is 0.186. The molecule has 0 spiro atoms. The minimum Gasteiger partial charge on any atom is -0.366 e. The van der Waals surface area contributed by atoms with Crippen molar-refractivity contribution in [1.29, 1.82) is 0 Å². The first-order chi connectivity index (χ1) is 25.3. The standard InChI is InChI=1S/C48H33N3/c1-4-18-33-30(13-1)16-11-24-37(33)42-29-44(50-48(49-42)40-25-12-17-31-14-2-5-19-34(31)40)51-43-26-10-9-23-41(43)46-45-35-20-6-3-15-32(35)27-28-38(45)36-21-7-8-22-39(36)47(46)51/h1-29,44,48-50H. The summed E-state index contributed by atoms with van der Waals surface area (Å²) in [5, 5.41) is 23.3. The van der Waals surface area contributed by atoms with E-state index in [1.165, 1.54) is 86.8 Å². The SMILES string of the molecule is C1=C(c2cccc3ccccc23)NC(c2cccc3ccccc23)NC1n1c2ccccc2c2c3c4ccccc4ccc3c3ccccc3c21. The van der Waals surface area contributed by atoms with Crippen molar-refractivity contribution in [2.45, 2.75) is 12.3 Å². The van der Waals surface area contributed by atoms with Gasteiger partial charge in [0.05, 0.1) is 11.0 Å². The van der Waals surface area contributed by atoms with E-state index in [9.17, 15) is 0 Å². The molecule has 0 saturated heterocycles. The highest BCUT2D eigenvalue weighted by molar-refractivity contribution is 6.36. The van der Waals surface area contributed by atoms with E-state index in [1.807, 2.05) is 0 Å². The fraction of sp³-hybridized carbons (Fsp3) is 0.0417. The fourth-order valence-corrected chi connectivity index (χ4v) is 8.83. The van der Waals surface area contributed by atoms with Gasteiger partial charge in [0.2, 0.25) is 0 Å². The van der Waals surface area contributed by atoms with Crippen LogP contribution in [0.3, 0.4) is 0 Å². The van der Waals surface area contributed by atoms with Crippen LogP contribution >= 0.6 is 0 Å². The topological polar surface area (TPSA) is 29.0 Å². The molecule has 3 heteroatoms. The molecule has 11 rings (SSSR count). The number of benzene rings is 9. The number of rotatable bonds is 3. The Bertz CT molecular complexity index is 3050. The molecule has 1 aliphatic heterocycles. The minimum atomic E-state index is -0.164. The van der Waals surface area contributed by atoms with Crippen LogP contribution in [-0.2, 0) is 0 Å². The Hall–Kier alpha value is -6.42. The summed E-state index contributed by atoms with van der Waals surface area (Å²) < 4.78 is 2.57. The first kappa shape index (κ1) is 28.4. The van der Waals surface area contributed by atoms with Crippen LogP contribution in [0.5, 0.6) is 0 Å². The maximum absolute atomic E-state index is 4.12. The zero-order valence-electron chi connectivity index (χ0n) is 27.8. The highest BCUT2D eigenvalue weighted by Crippen LogP contribution is 2.45. The smallest absolute Gasteiger partial charge is 0.108 e. The molecule has 2 heterocycles. The van der Waals surface area contributed by atoms with Gasteiger partial charge < -0.3 is 9.88 Å². The molecular formula is C48H33N3. The normalized spacial score (nSPS) is 16.4. The van der Waals surface area contributed by atoms with E-state index >= 15 is 0 Å². The molecule has 0 bridgehead atoms. The molecule has 2 atom stereocenters. The number of hydrogen-bond acceptors (Lipinski definition) is 2. The molecule has 3 nitrogen and oxygen atoms in total. The molecule has 0 fully saturated rings. The lowest BCUT2D eigenvalue weighted by molar-refractivity contribution is 0.385. The average Bonchev–Trinajstić information content (AvgIpc) is 3.55. The Morgan fingerprint density at radius 2 is 1.00 bits per heavy atom. The van der Waals surface area contributed by atoms with E-state index in [0.717, 1.165) is 5.70 Å². The molecule has 1 aromatic heterocycles. The first-order valence-corrected chi connectivity index (χ1v) is 17.8. The van der Waals surface area contributed by atoms with Crippen LogP contribution < -0.4 is 10.6 Å². The largest absolute Gasteiger partial charge is 0.366 e. The van der Waals surface area contributed by atoms with Crippen molar-refractivity contribution in [3.63, 3.8) is 0 Å². The van der Waals surface area contributed by atoms with Gasteiger partial charge in [-0.2, -0.15) is 0 Å². The van der Waals surface area contributed by atoms with Crippen molar-refractivity contribution in [2.75, 3.05) is 0 Å². The number of hydrogen-bond donors (Lipinski definition) is 2. The number of nitrogens with zero attached hydrogens (tertiary/aromatic N) is 1. The van der Waals surface area contributed by atoms with E-state index in [4.69, 9.17) is 0 Å². The predicted molar refractivity (Wildman–Crippen MR) is 216 cm³/mol. The van der Waals surface area contributed by atoms with Crippen LogP contribution in [0.15, 0.2) is 176 Å². The van der Waals surface area contributed by atoms with E-state index in [2.05, 4.69) is 191 Å². The molecule has 10 aromatic rings. The lowest BCUT2D eigenvalue weighted by Gasteiger charge is -2.35. The minimum absolute atomic E-state index is 0.149. The van der Waals surface area contributed by atoms with Crippen LogP contribution in [0.25, 0.3) is 81.4 Å². The Morgan fingerprint density at radius 3 is 1.80 bits per heavy atom. The van der Waals surface area contributed by atoms with Gasteiger partial charge in [-0.25, -0.2) is 0 Å². The van der Waals surface area contributed by atoms with Crippen molar-refractivity contribution in [1.82, 2.24) is 15.2 Å². The van der Waals surface area contributed by atoms with Crippen LogP contribution in [0, 0.1) is 0 Å². The summed E-state index contributed by atoms with van der Waals surface area (Å²) in [6, 6.07) is 62.0. The Kier molecular flexibility index (Phi) is 6.16. The average molecular weight is 652 g/mol. The molecule has 0 radical (unpaired) electrons. The van der Waals surface area contributed by atoms with Crippen molar-refractivity contribution in [2.24, 2.45) is 0 Å². The van der Waals surface area contributed by atoms with Crippen LogP contribution in [0.4, 0.5) is 0 Å². The van der Waals surface area contributed by atoms with Gasteiger partial charge in [0.1, 0.15) is 12.3 Å². The summed E-state index contributed by atoms with van der Waals surface area (Å²) in [5.74, 6) is 0. The predicted octanol–water partition coefficient (Wildman–Crippen LogP) is 12.0. The lowest BCUT2D eigenvalue weighted by Crippen LogP contribution is -2.41. The molecule has 240 valence electrons. The third-order valence-electron chi connectivity index (χ3n) is 11.0. The molecule has 51 heavy (non-hydrogen) atoms. The van der Waals surface area contributed by atoms with E-state index in [1.54, 1.807) is 0 Å². The van der Waals surface area contributed by atoms with Gasteiger partial charge in [-0.3, -0.25) is 5.32 Å². The van der Waals surface area contributed by atoms with Gasteiger partial charge >= 0.3 is 0 Å². The molecule has 9 aromatic carbocycles. The number of fused-ring (bicyclic) bond motifs is 12. The second-order valence-electron chi connectivity index (χ2n) is 13.7. The van der Waals surface area contributed by atoms with E-state index in [0.29, 0.717) is 0 Å². The summed E-state index contributed by atoms with van der Waals surface area (Å²) in [4.78, 5) is 0. The number of para-hydroxylation sites is 1. The van der Waals surface area contributed by atoms with E-state index in [-0.39, 0.29) is 12.3 Å². The maximum Gasteiger partial charge on any atom is 0.108 e. The van der Waals surface area contributed by atoms with Crippen molar-refractivity contribution in [3.05, 3.63) is 187 Å². The Morgan fingerprint density at radius 1 is 0.412 bits per heavy atom. The third kappa shape index (κ3) is 4.22. The summed E-state index contributed by atoms with van der Waals surface area (Å²) in [6.07, 6.45) is 2.09. The molecule has 1 aliphatic rings. The first-order valence-electron chi connectivity index (χ1n) is 17.8. The van der Waals surface area contributed by atoms with Gasteiger partial charge in [0, 0.05) is 32.8 Å². The molecule has 2 unspecified atom stereocenters. The zero-order chi connectivity index (χ0) is 33.5. The second kappa shape index (κ2) is 11.0. The van der Waals surface area contributed by atoms with Gasteiger partial charge in [-0.05, 0) is 60.8 Å². The molecule has 2 N–H and O–H groups in total. The maximum atomic E-state index is 4.12. The summed E-state index contributed by atoms with van der Waals surface area (Å²) in [5.41, 5.74) is 6.01. The van der Waals surface area contributed by atoms with Gasteiger partial charge in [-0.1, -0.05) is 164 Å².